The molecule has 0 bridgehead atoms. The molecule has 2 aromatic rings. The lowest BCUT2D eigenvalue weighted by Gasteiger charge is -2.29. The Balaban J connectivity index is 1.48. The first-order valence-corrected chi connectivity index (χ1v) is 10.2. The molecule has 0 radical (unpaired) electrons. The molecular weight excluding hydrogens is 352 g/mol. The van der Waals surface area contributed by atoms with E-state index in [0.29, 0.717) is 25.6 Å². The number of carbonyl (C=O) groups is 1. The zero-order valence-corrected chi connectivity index (χ0v) is 17.0. The van der Waals surface area contributed by atoms with Crippen LogP contribution in [0.15, 0.2) is 30.5 Å². The smallest absolute Gasteiger partial charge is 0.223 e. The first-order chi connectivity index (χ1) is 13.6. The van der Waals surface area contributed by atoms with E-state index in [2.05, 4.69) is 41.6 Å². The van der Waals surface area contributed by atoms with Crippen molar-refractivity contribution >= 4 is 5.91 Å². The number of nitrogens with zero attached hydrogens (tertiary/aromatic N) is 3. The van der Waals surface area contributed by atoms with E-state index in [0.717, 1.165) is 30.6 Å². The zero-order valence-electron chi connectivity index (χ0n) is 17.0. The van der Waals surface area contributed by atoms with Crippen LogP contribution in [0.4, 0.5) is 0 Å². The van der Waals surface area contributed by atoms with Gasteiger partial charge in [0.05, 0.1) is 18.8 Å². The van der Waals surface area contributed by atoms with E-state index in [4.69, 9.17) is 4.74 Å². The maximum Gasteiger partial charge on any atom is 0.223 e. The van der Waals surface area contributed by atoms with Gasteiger partial charge in [0.1, 0.15) is 0 Å². The summed E-state index contributed by atoms with van der Waals surface area (Å²) >= 11 is 0. The molecule has 4 rings (SSSR count). The van der Waals surface area contributed by atoms with E-state index < -0.39 is 0 Å². The van der Waals surface area contributed by atoms with Gasteiger partial charge in [0.15, 0.2) is 0 Å². The average Bonchev–Trinajstić information content (AvgIpc) is 3.34. The van der Waals surface area contributed by atoms with E-state index in [1.165, 1.54) is 11.1 Å². The molecule has 2 atom stereocenters. The number of aromatic nitrogens is 2. The molecule has 1 aromatic carbocycles. The maximum atomic E-state index is 12.8. The highest BCUT2D eigenvalue weighted by Crippen LogP contribution is 2.39. The largest absolute Gasteiger partial charge is 0.383 e. The van der Waals surface area contributed by atoms with Gasteiger partial charge >= 0.3 is 0 Å². The van der Waals surface area contributed by atoms with Gasteiger partial charge in [-0.05, 0) is 30.9 Å². The number of nitrogens with one attached hydrogen (secondary N) is 1. The number of methoxy groups -OCH3 is 1. The summed E-state index contributed by atoms with van der Waals surface area (Å²) in [4.78, 5) is 14.8. The van der Waals surface area contributed by atoms with Gasteiger partial charge in [-0.3, -0.25) is 9.48 Å². The number of ether oxygens (including phenoxy) is 1. The van der Waals surface area contributed by atoms with Gasteiger partial charge in [0, 0.05) is 56.9 Å². The fourth-order valence-corrected chi connectivity index (χ4v) is 4.75. The molecule has 2 aliphatic rings. The van der Waals surface area contributed by atoms with Crippen molar-refractivity contribution in [1.29, 1.82) is 0 Å². The molecule has 2 heterocycles. The van der Waals surface area contributed by atoms with Gasteiger partial charge in [-0.25, -0.2) is 0 Å². The Hall–Kier alpha value is -2.18. The maximum absolute atomic E-state index is 12.8. The molecule has 1 aliphatic carbocycles. The van der Waals surface area contributed by atoms with Crippen molar-refractivity contribution in [3.63, 3.8) is 0 Å². The lowest BCUT2D eigenvalue weighted by Crippen LogP contribution is -2.37. The number of fused-ring (bicyclic) bond motifs is 1. The van der Waals surface area contributed by atoms with Gasteiger partial charge < -0.3 is 15.0 Å². The summed E-state index contributed by atoms with van der Waals surface area (Å²) in [6.07, 6.45) is 4.65. The Labute approximate surface area is 166 Å². The van der Waals surface area contributed by atoms with Crippen molar-refractivity contribution < 1.29 is 9.53 Å². The van der Waals surface area contributed by atoms with Crippen molar-refractivity contribution in [1.82, 2.24) is 20.0 Å². The molecule has 0 saturated carbocycles. The van der Waals surface area contributed by atoms with Crippen molar-refractivity contribution in [3.8, 4) is 0 Å². The summed E-state index contributed by atoms with van der Waals surface area (Å²) in [5.74, 6) is 0.461. The molecule has 1 amide bonds. The van der Waals surface area contributed by atoms with Crippen LogP contribution in [0, 0.1) is 12.8 Å². The lowest BCUT2D eigenvalue weighted by molar-refractivity contribution is -0.129. The van der Waals surface area contributed by atoms with E-state index >= 15 is 0 Å². The number of benzene rings is 1. The van der Waals surface area contributed by atoms with Gasteiger partial charge in [0.25, 0.3) is 0 Å². The molecule has 1 saturated heterocycles. The molecule has 0 spiro atoms. The topological polar surface area (TPSA) is 59.4 Å². The average molecular weight is 383 g/mol. The van der Waals surface area contributed by atoms with Crippen LogP contribution in [-0.2, 0) is 29.4 Å². The van der Waals surface area contributed by atoms with Crippen LogP contribution in [0.2, 0.25) is 0 Å². The minimum absolute atomic E-state index is 0.0626. The van der Waals surface area contributed by atoms with Crippen LogP contribution in [-0.4, -0.2) is 53.4 Å². The second kappa shape index (κ2) is 8.05. The number of aryl methyl sites for hydroxylation is 1. The number of hydrogen-bond acceptors (Lipinski definition) is 4. The first-order valence-electron chi connectivity index (χ1n) is 10.2. The Bertz CT molecular complexity index is 822. The molecular formula is C22H30N4O2. The quantitative estimate of drug-likeness (QED) is 0.796. The normalized spacial score (nSPS) is 22.2. The number of hydrogen-bond donors (Lipinski definition) is 1. The zero-order chi connectivity index (χ0) is 19.7. The Morgan fingerprint density at radius 3 is 2.54 bits per heavy atom. The number of likely N-dealkylation sites (tertiary alicyclic amines) is 1. The van der Waals surface area contributed by atoms with Crippen molar-refractivity contribution in [3.05, 3.63) is 52.8 Å². The van der Waals surface area contributed by atoms with Crippen molar-refractivity contribution in [2.24, 2.45) is 13.0 Å². The number of rotatable bonds is 7. The second-order valence-electron chi connectivity index (χ2n) is 8.08. The molecule has 1 aromatic heterocycles. The fraction of sp³-hybridized carbons (Fsp3) is 0.545. The molecule has 1 aliphatic heterocycles. The first kappa shape index (κ1) is 19.2. The van der Waals surface area contributed by atoms with Crippen LogP contribution >= 0.6 is 0 Å². The summed E-state index contributed by atoms with van der Waals surface area (Å²) in [6.45, 7) is 4.10. The second-order valence-corrected chi connectivity index (χ2v) is 8.08. The standard InChI is InChI=1S/C22H30N4O2/c1-15-20(14-24-25(15)2)22-18(12-21(27)26(22)8-9-28-3)13-23-19-10-16-6-4-5-7-17(16)11-19/h4-7,14,18-19,22-23H,8-13H2,1-3H3/t18-,22+/m0/s1. The van der Waals surface area contributed by atoms with E-state index in [1.54, 1.807) is 7.11 Å². The summed E-state index contributed by atoms with van der Waals surface area (Å²) in [5.41, 5.74) is 5.18. The molecule has 1 N–H and O–H groups in total. The molecule has 150 valence electrons. The third-order valence-electron chi connectivity index (χ3n) is 6.39. The van der Waals surface area contributed by atoms with E-state index in [-0.39, 0.29) is 17.9 Å². The van der Waals surface area contributed by atoms with Gasteiger partial charge in [0.2, 0.25) is 5.91 Å². The number of carbonyl (C=O) groups excluding carboxylic acids is 1. The molecule has 6 heteroatoms. The summed E-state index contributed by atoms with van der Waals surface area (Å²) < 4.78 is 7.15. The van der Waals surface area contributed by atoms with E-state index in [9.17, 15) is 4.79 Å². The Kier molecular flexibility index (Phi) is 5.51. The lowest BCUT2D eigenvalue weighted by atomic mass is 9.93. The minimum atomic E-state index is 0.0626. The summed E-state index contributed by atoms with van der Waals surface area (Å²) in [7, 11) is 3.64. The Morgan fingerprint density at radius 2 is 1.93 bits per heavy atom. The van der Waals surface area contributed by atoms with Crippen LogP contribution in [0.3, 0.4) is 0 Å². The van der Waals surface area contributed by atoms with Gasteiger partial charge in [-0.15, -0.1) is 0 Å². The highest BCUT2D eigenvalue weighted by atomic mass is 16.5. The molecule has 28 heavy (non-hydrogen) atoms. The molecule has 6 nitrogen and oxygen atoms in total. The molecule has 0 unspecified atom stereocenters. The van der Waals surface area contributed by atoms with Crippen molar-refractivity contribution in [2.45, 2.75) is 38.3 Å². The predicted octanol–water partition coefficient (Wildman–Crippen LogP) is 2.02. The SMILES string of the molecule is COCCN1C(=O)C[C@@H](CNC2Cc3ccccc3C2)[C@@H]1c1cnn(C)c1C. The van der Waals surface area contributed by atoms with E-state index in [1.807, 2.05) is 22.8 Å². The highest BCUT2D eigenvalue weighted by Gasteiger charge is 2.42. The third kappa shape index (κ3) is 3.59. The predicted molar refractivity (Wildman–Crippen MR) is 108 cm³/mol. The number of amides is 1. The minimum Gasteiger partial charge on any atom is -0.383 e. The summed E-state index contributed by atoms with van der Waals surface area (Å²) in [5, 5.41) is 8.18. The van der Waals surface area contributed by atoms with Crippen LogP contribution in [0.5, 0.6) is 0 Å². The van der Waals surface area contributed by atoms with Crippen molar-refractivity contribution in [2.75, 3.05) is 26.8 Å². The van der Waals surface area contributed by atoms with Crippen LogP contribution in [0.1, 0.15) is 34.8 Å². The van der Waals surface area contributed by atoms with Gasteiger partial charge in [-0.1, -0.05) is 24.3 Å². The molecule has 1 fully saturated rings. The van der Waals surface area contributed by atoms with Gasteiger partial charge in [-0.2, -0.15) is 5.10 Å². The van der Waals surface area contributed by atoms with Crippen LogP contribution in [0.25, 0.3) is 0 Å². The highest BCUT2D eigenvalue weighted by molar-refractivity contribution is 5.79. The monoisotopic (exact) mass is 382 g/mol. The fourth-order valence-electron chi connectivity index (χ4n) is 4.75. The van der Waals surface area contributed by atoms with Crippen LogP contribution < -0.4 is 5.32 Å². The summed E-state index contributed by atoms with van der Waals surface area (Å²) in [6, 6.07) is 9.20. The third-order valence-corrected chi connectivity index (χ3v) is 6.39. The Morgan fingerprint density at radius 1 is 1.21 bits per heavy atom.